The Kier molecular flexibility index (Phi) is 12.3. The van der Waals surface area contributed by atoms with Gasteiger partial charge in [-0.3, -0.25) is 0 Å². The Hall–Kier alpha value is -0.120. The van der Waals surface area contributed by atoms with E-state index < -0.39 is 11.6 Å². The van der Waals surface area contributed by atoms with Gasteiger partial charge in [0.25, 0.3) is 5.97 Å². The maximum absolute atomic E-state index is 10.1. The standard InChI is InChI=1S/C19H40O3/c1-5-9-10-11-12-13-14-15-16-17-19(20,21)22-18(6-2,7-3)8-4/h20-21H,5-17H2,1-4H3. The molecule has 0 atom stereocenters. The first-order valence-corrected chi connectivity index (χ1v) is 9.60. The van der Waals surface area contributed by atoms with Crippen molar-refractivity contribution in [3.8, 4) is 0 Å². The van der Waals surface area contributed by atoms with Gasteiger partial charge in [-0.1, -0.05) is 79.1 Å². The highest BCUT2D eigenvalue weighted by atomic mass is 16.8. The van der Waals surface area contributed by atoms with Crippen LogP contribution in [0.25, 0.3) is 0 Å². The molecule has 0 radical (unpaired) electrons. The van der Waals surface area contributed by atoms with Crippen molar-refractivity contribution >= 4 is 0 Å². The van der Waals surface area contributed by atoms with Crippen LogP contribution in [-0.2, 0) is 4.74 Å². The van der Waals surface area contributed by atoms with Crippen molar-refractivity contribution in [3.63, 3.8) is 0 Å². The van der Waals surface area contributed by atoms with Crippen molar-refractivity contribution in [2.24, 2.45) is 0 Å². The molecule has 3 heteroatoms. The third-order valence-electron chi connectivity index (χ3n) is 4.92. The van der Waals surface area contributed by atoms with Crippen LogP contribution in [0.1, 0.15) is 111 Å². The number of aliphatic hydroxyl groups is 2. The molecule has 0 saturated carbocycles. The van der Waals surface area contributed by atoms with Gasteiger partial charge in [0, 0.05) is 6.42 Å². The topological polar surface area (TPSA) is 49.7 Å². The van der Waals surface area contributed by atoms with Gasteiger partial charge in [0.15, 0.2) is 0 Å². The second kappa shape index (κ2) is 12.3. The first kappa shape index (κ1) is 21.9. The summed E-state index contributed by atoms with van der Waals surface area (Å²) < 4.78 is 5.66. The van der Waals surface area contributed by atoms with E-state index in [1.54, 1.807) is 0 Å². The molecule has 0 aliphatic rings. The highest BCUT2D eigenvalue weighted by Gasteiger charge is 2.35. The second-order valence-electron chi connectivity index (χ2n) is 6.67. The van der Waals surface area contributed by atoms with E-state index in [4.69, 9.17) is 4.74 Å². The molecule has 0 fully saturated rings. The summed E-state index contributed by atoms with van der Waals surface area (Å²) in [5.74, 6) is -1.97. The molecule has 0 aromatic carbocycles. The van der Waals surface area contributed by atoms with Crippen molar-refractivity contribution < 1.29 is 14.9 Å². The van der Waals surface area contributed by atoms with Gasteiger partial charge < -0.3 is 14.9 Å². The molecule has 0 bridgehead atoms. The van der Waals surface area contributed by atoms with E-state index in [9.17, 15) is 10.2 Å². The zero-order chi connectivity index (χ0) is 16.9. The monoisotopic (exact) mass is 316 g/mol. The van der Waals surface area contributed by atoms with Crippen LogP contribution in [0.2, 0.25) is 0 Å². The third-order valence-corrected chi connectivity index (χ3v) is 4.92. The molecule has 0 aromatic rings. The molecule has 0 unspecified atom stereocenters. The fourth-order valence-corrected chi connectivity index (χ4v) is 3.03. The Morgan fingerprint density at radius 1 is 0.636 bits per heavy atom. The Bertz CT molecular complexity index is 239. The molecule has 2 N–H and O–H groups in total. The van der Waals surface area contributed by atoms with E-state index in [1.165, 1.54) is 44.9 Å². The van der Waals surface area contributed by atoms with Gasteiger partial charge in [0.05, 0.1) is 5.60 Å². The minimum atomic E-state index is -1.97. The predicted molar refractivity (Wildman–Crippen MR) is 93.7 cm³/mol. The molecule has 0 heterocycles. The van der Waals surface area contributed by atoms with Gasteiger partial charge in [-0.05, 0) is 25.7 Å². The fraction of sp³-hybridized carbons (Fsp3) is 1.00. The number of unbranched alkanes of at least 4 members (excludes halogenated alkanes) is 8. The Balaban J connectivity index is 3.80. The summed E-state index contributed by atoms with van der Waals surface area (Å²) in [5, 5.41) is 20.2. The molecular weight excluding hydrogens is 276 g/mol. The van der Waals surface area contributed by atoms with E-state index in [1.807, 2.05) is 20.8 Å². The summed E-state index contributed by atoms with van der Waals surface area (Å²) in [4.78, 5) is 0. The second-order valence-corrected chi connectivity index (χ2v) is 6.67. The lowest BCUT2D eigenvalue weighted by Gasteiger charge is -2.37. The highest BCUT2D eigenvalue weighted by Crippen LogP contribution is 2.30. The lowest BCUT2D eigenvalue weighted by atomic mass is 9.93. The van der Waals surface area contributed by atoms with E-state index in [2.05, 4.69) is 6.92 Å². The van der Waals surface area contributed by atoms with E-state index in [0.29, 0.717) is 6.42 Å². The zero-order valence-corrected chi connectivity index (χ0v) is 15.5. The normalized spacial score (nSPS) is 12.8. The average Bonchev–Trinajstić information content (AvgIpc) is 2.51. The lowest BCUT2D eigenvalue weighted by molar-refractivity contribution is -0.381. The predicted octanol–water partition coefficient (Wildman–Crippen LogP) is 5.53. The van der Waals surface area contributed by atoms with Crippen LogP contribution < -0.4 is 0 Å². The summed E-state index contributed by atoms with van der Waals surface area (Å²) in [7, 11) is 0. The quantitative estimate of drug-likeness (QED) is 0.308. The van der Waals surface area contributed by atoms with Crippen LogP contribution in [0.5, 0.6) is 0 Å². The van der Waals surface area contributed by atoms with E-state index in [-0.39, 0.29) is 0 Å². The summed E-state index contributed by atoms with van der Waals surface area (Å²) in [6.07, 6.45) is 13.7. The van der Waals surface area contributed by atoms with Gasteiger partial charge >= 0.3 is 0 Å². The van der Waals surface area contributed by atoms with Gasteiger partial charge in [0.1, 0.15) is 0 Å². The van der Waals surface area contributed by atoms with Crippen molar-refractivity contribution in [3.05, 3.63) is 0 Å². The highest BCUT2D eigenvalue weighted by molar-refractivity contribution is 4.77. The molecule has 0 aliphatic heterocycles. The van der Waals surface area contributed by atoms with Crippen LogP contribution in [0.4, 0.5) is 0 Å². The Morgan fingerprint density at radius 2 is 1.05 bits per heavy atom. The van der Waals surface area contributed by atoms with Gasteiger partial charge in [-0.25, -0.2) is 0 Å². The third kappa shape index (κ3) is 9.81. The molecule has 0 aromatic heterocycles. The van der Waals surface area contributed by atoms with E-state index >= 15 is 0 Å². The van der Waals surface area contributed by atoms with Crippen molar-refractivity contribution in [1.29, 1.82) is 0 Å². The minimum absolute atomic E-state index is 0.310. The van der Waals surface area contributed by atoms with Crippen LogP contribution in [-0.4, -0.2) is 21.8 Å². The molecule has 0 saturated heterocycles. The molecule has 22 heavy (non-hydrogen) atoms. The minimum Gasteiger partial charge on any atom is -0.343 e. The lowest BCUT2D eigenvalue weighted by Crippen LogP contribution is -2.44. The van der Waals surface area contributed by atoms with Gasteiger partial charge in [-0.2, -0.15) is 0 Å². The molecule has 0 amide bonds. The SMILES string of the molecule is CCCCCCCCCCCC(O)(O)OC(CC)(CC)CC. The maximum atomic E-state index is 10.1. The Labute approximate surface area is 138 Å². The molecule has 0 spiro atoms. The van der Waals surface area contributed by atoms with Crippen LogP contribution in [0, 0.1) is 0 Å². The zero-order valence-electron chi connectivity index (χ0n) is 15.5. The van der Waals surface area contributed by atoms with Gasteiger partial charge in [-0.15, -0.1) is 0 Å². The number of hydrogen-bond donors (Lipinski definition) is 2. The van der Waals surface area contributed by atoms with Crippen molar-refractivity contribution in [2.75, 3.05) is 0 Å². The molecule has 134 valence electrons. The van der Waals surface area contributed by atoms with Crippen LogP contribution in [0.15, 0.2) is 0 Å². The molecule has 3 nitrogen and oxygen atoms in total. The largest absolute Gasteiger partial charge is 0.343 e. The Morgan fingerprint density at radius 3 is 1.45 bits per heavy atom. The van der Waals surface area contributed by atoms with Crippen LogP contribution >= 0.6 is 0 Å². The van der Waals surface area contributed by atoms with Crippen molar-refractivity contribution in [1.82, 2.24) is 0 Å². The summed E-state index contributed by atoms with van der Waals surface area (Å²) in [6.45, 7) is 8.37. The summed E-state index contributed by atoms with van der Waals surface area (Å²) in [6, 6.07) is 0. The van der Waals surface area contributed by atoms with Crippen LogP contribution in [0.3, 0.4) is 0 Å². The maximum Gasteiger partial charge on any atom is 0.278 e. The number of ether oxygens (including phenoxy) is 1. The number of hydrogen-bond acceptors (Lipinski definition) is 3. The van der Waals surface area contributed by atoms with E-state index in [0.717, 1.165) is 32.1 Å². The number of rotatable bonds is 15. The first-order valence-electron chi connectivity index (χ1n) is 9.60. The van der Waals surface area contributed by atoms with Gasteiger partial charge in [0.2, 0.25) is 0 Å². The molecular formula is C19H40O3. The summed E-state index contributed by atoms with van der Waals surface area (Å²) >= 11 is 0. The van der Waals surface area contributed by atoms with Crippen molar-refractivity contribution in [2.45, 2.75) is 123 Å². The average molecular weight is 317 g/mol. The summed E-state index contributed by atoms with van der Waals surface area (Å²) in [5.41, 5.74) is -0.400. The fourth-order valence-electron chi connectivity index (χ4n) is 3.03. The first-order chi connectivity index (χ1) is 10.4. The smallest absolute Gasteiger partial charge is 0.278 e. The molecule has 0 aliphatic carbocycles. The molecule has 0 rings (SSSR count).